The predicted octanol–water partition coefficient (Wildman–Crippen LogP) is -8.56. The van der Waals surface area contributed by atoms with Crippen molar-refractivity contribution in [2.45, 2.75) is 143 Å². The van der Waals surface area contributed by atoms with Gasteiger partial charge in [0, 0.05) is 34.0 Å². The monoisotopic (exact) mass is 830 g/mol. The molecule has 4 fully saturated rings. The Balaban J connectivity index is 1.62. The van der Waals surface area contributed by atoms with E-state index in [0.29, 0.717) is 0 Å². The molecule has 0 aromatic rings. The van der Waals surface area contributed by atoms with E-state index in [1.807, 2.05) is 0 Å². The molecule has 328 valence electrons. The lowest BCUT2D eigenvalue weighted by Gasteiger charge is -2.50. The molecule has 20 atom stereocenters. The first kappa shape index (κ1) is 46.9. The van der Waals surface area contributed by atoms with Crippen LogP contribution in [0.25, 0.3) is 0 Å². The van der Waals surface area contributed by atoms with E-state index in [-0.39, 0.29) is 13.1 Å². The highest BCUT2D eigenvalue weighted by Crippen LogP contribution is 2.35. The van der Waals surface area contributed by atoms with Crippen molar-refractivity contribution in [3.05, 3.63) is 0 Å². The minimum absolute atomic E-state index is 0.00606. The fraction of sp³-hybridized carbons (Fsp3) is 0.875. The number of carbonyl (C=O) groups excluding carboxylic acids is 3. The summed E-state index contributed by atoms with van der Waals surface area (Å²) in [5, 5.41) is 104. The van der Waals surface area contributed by atoms with Crippen molar-refractivity contribution < 1.29 is 103 Å². The number of aliphatic carboxylic acids is 1. The van der Waals surface area contributed by atoms with Crippen LogP contribution in [0.4, 0.5) is 0 Å². The molecule has 4 aliphatic heterocycles. The topological polar surface area (TPSA) is 386 Å². The minimum Gasteiger partial charge on any atom is -0.479 e. The summed E-state index contributed by atoms with van der Waals surface area (Å²) in [4.78, 5) is 50.0. The van der Waals surface area contributed by atoms with Crippen molar-refractivity contribution in [3.63, 3.8) is 0 Å². The third-order valence-corrected chi connectivity index (χ3v) is 9.92. The highest BCUT2D eigenvalue weighted by atomic mass is 16.8. The Morgan fingerprint density at radius 1 is 0.632 bits per heavy atom. The number of aliphatic hydroxyl groups is 8. The third kappa shape index (κ3) is 10.5. The summed E-state index contributed by atoms with van der Waals surface area (Å²) in [6.45, 7) is 2.06. The Labute approximate surface area is 325 Å². The first-order chi connectivity index (χ1) is 26.9. The maximum absolute atomic E-state index is 12.9. The molecule has 20 unspecified atom stereocenters. The van der Waals surface area contributed by atoms with Gasteiger partial charge in [-0.25, -0.2) is 4.79 Å². The van der Waals surface area contributed by atoms with E-state index in [0.717, 1.165) is 21.0 Å². The highest BCUT2D eigenvalue weighted by molar-refractivity contribution is 5.81. The van der Waals surface area contributed by atoms with Gasteiger partial charge in [0.1, 0.15) is 79.3 Å². The zero-order valence-corrected chi connectivity index (χ0v) is 31.4. The van der Waals surface area contributed by atoms with Crippen LogP contribution >= 0.6 is 0 Å². The normalized spacial score (nSPS) is 43.8. The van der Waals surface area contributed by atoms with Crippen LogP contribution in [0.15, 0.2) is 0 Å². The molecule has 25 heteroatoms. The average Bonchev–Trinajstić information content (AvgIpc) is 3.16. The van der Waals surface area contributed by atoms with Gasteiger partial charge in [0.2, 0.25) is 11.8 Å². The number of amides is 3. The number of ether oxygens (including phenoxy) is 8. The number of nitrogens with one attached hydrogen (secondary N) is 3. The lowest BCUT2D eigenvalue weighted by atomic mass is 9.92. The molecule has 3 amide bonds. The number of carboxylic acid groups (broad SMARTS) is 1. The zero-order chi connectivity index (χ0) is 42.5. The number of nitrogens with two attached hydrogens (primary N) is 1. The van der Waals surface area contributed by atoms with Crippen molar-refractivity contribution in [3.8, 4) is 0 Å². The minimum atomic E-state index is -2.22. The maximum Gasteiger partial charge on any atom is 0.335 e. The molecule has 0 aromatic heterocycles. The molecule has 0 aliphatic carbocycles. The molecule has 0 saturated carbocycles. The summed E-state index contributed by atoms with van der Waals surface area (Å²) in [5.41, 5.74) is 5.46. The van der Waals surface area contributed by atoms with Crippen LogP contribution in [-0.4, -0.2) is 226 Å². The van der Waals surface area contributed by atoms with Crippen LogP contribution in [0.2, 0.25) is 0 Å². The van der Waals surface area contributed by atoms with Crippen molar-refractivity contribution in [2.75, 3.05) is 33.4 Å². The molecule has 14 N–H and O–H groups in total. The molecule has 0 aromatic carbocycles. The molecule has 0 bridgehead atoms. The fourth-order valence-corrected chi connectivity index (χ4v) is 7.10. The van der Waals surface area contributed by atoms with Gasteiger partial charge in [0.25, 0.3) is 5.91 Å². The summed E-state index contributed by atoms with van der Waals surface area (Å²) in [7, 11) is 1.14. The van der Waals surface area contributed by atoms with Gasteiger partial charge in [-0.05, 0) is 6.92 Å². The molecule has 4 rings (SSSR count). The van der Waals surface area contributed by atoms with Gasteiger partial charge >= 0.3 is 5.97 Å². The second-order valence-electron chi connectivity index (χ2n) is 14.0. The van der Waals surface area contributed by atoms with E-state index in [2.05, 4.69) is 16.0 Å². The average molecular weight is 831 g/mol. The predicted molar refractivity (Wildman–Crippen MR) is 181 cm³/mol. The van der Waals surface area contributed by atoms with Crippen molar-refractivity contribution in [1.82, 2.24) is 16.0 Å². The van der Waals surface area contributed by atoms with Gasteiger partial charge in [-0.2, -0.15) is 0 Å². The number of hydrogen-bond acceptors (Lipinski definition) is 21. The SMILES string of the molecule is COC1C(C(=O)NCCN)OC(OC2C(O)C(CO)OC(OC3C(C(=O)O)OC(OC4C(O)C(CO)OC(C)C4NC(C)=O)C(O)C3O)C2NC(C)=O)C(O)C1O. The first-order valence-corrected chi connectivity index (χ1v) is 18.1. The second-order valence-corrected chi connectivity index (χ2v) is 14.0. The number of carboxylic acids is 1. The molecule has 25 nitrogen and oxygen atoms in total. The summed E-state index contributed by atoms with van der Waals surface area (Å²) >= 11 is 0. The van der Waals surface area contributed by atoms with Crippen LogP contribution in [0.1, 0.15) is 20.8 Å². The van der Waals surface area contributed by atoms with Gasteiger partial charge < -0.3 is 106 Å². The standard InChI is InChI=1S/C32H54N4O21/c1-9-14(35-10(2)39)22(16(41)12(7-37)51-9)53-32-21(46)19(44)25(27(57-32)29(48)49)55-30-15(36-11(3)40)23(17(42)13(8-38)52-30)54-31-20(45)18(43)24(50-4)26(56-31)28(47)34-6-5-33/h9,12-27,30-32,37-38,41-46H,5-8,33H2,1-4H3,(H,34,47)(H,35,39)(H,36,40)(H,48,49). The fourth-order valence-electron chi connectivity index (χ4n) is 7.10. The Hall–Kier alpha value is -2.80. The summed E-state index contributed by atoms with van der Waals surface area (Å²) in [5.74, 6) is -4.00. The lowest BCUT2D eigenvalue weighted by molar-refractivity contribution is -0.366. The van der Waals surface area contributed by atoms with E-state index >= 15 is 0 Å². The zero-order valence-electron chi connectivity index (χ0n) is 31.4. The highest BCUT2D eigenvalue weighted by Gasteiger charge is 2.57. The molecule has 0 radical (unpaired) electrons. The number of methoxy groups -OCH3 is 1. The molecular formula is C32H54N4O21. The molecule has 4 aliphatic rings. The van der Waals surface area contributed by atoms with Crippen LogP contribution in [0.5, 0.6) is 0 Å². The molecule has 4 heterocycles. The second kappa shape index (κ2) is 20.4. The number of hydrogen-bond donors (Lipinski definition) is 13. The van der Waals surface area contributed by atoms with Crippen molar-refractivity contribution in [1.29, 1.82) is 0 Å². The Bertz CT molecular complexity index is 1370. The summed E-state index contributed by atoms with van der Waals surface area (Å²) < 4.78 is 45.1. The van der Waals surface area contributed by atoms with Gasteiger partial charge in [0.05, 0.1) is 25.4 Å². The van der Waals surface area contributed by atoms with Crippen molar-refractivity contribution >= 4 is 23.7 Å². The molecule has 4 saturated heterocycles. The van der Waals surface area contributed by atoms with Gasteiger partial charge in [0.15, 0.2) is 31.1 Å². The Morgan fingerprint density at radius 2 is 1.11 bits per heavy atom. The smallest absolute Gasteiger partial charge is 0.335 e. The van der Waals surface area contributed by atoms with Gasteiger partial charge in [-0.15, -0.1) is 0 Å². The van der Waals surface area contributed by atoms with E-state index in [1.165, 1.54) is 6.92 Å². The van der Waals surface area contributed by atoms with Crippen LogP contribution in [-0.2, 0) is 57.1 Å². The third-order valence-electron chi connectivity index (χ3n) is 9.92. The maximum atomic E-state index is 12.9. The van der Waals surface area contributed by atoms with E-state index in [4.69, 9.17) is 43.6 Å². The van der Waals surface area contributed by atoms with Crippen LogP contribution in [0.3, 0.4) is 0 Å². The van der Waals surface area contributed by atoms with E-state index in [9.17, 15) is 65.1 Å². The van der Waals surface area contributed by atoms with Crippen LogP contribution in [0, 0.1) is 0 Å². The van der Waals surface area contributed by atoms with Crippen molar-refractivity contribution in [2.24, 2.45) is 5.73 Å². The largest absolute Gasteiger partial charge is 0.479 e. The van der Waals surface area contributed by atoms with Gasteiger partial charge in [-0.3, -0.25) is 14.4 Å². The summed E-state index contributed by atoms with van der Waals surface area (Å²) in [6, 6.07) is -2.83. The summed E-state index contributed by atoms with van der Waals surface area (Å²) in [6.07, 6.45) is -32.0. The first-order valence-electron chi connectivity index (χ1n) is 18.1. The van der Waals surface area contributed by atoms with E-state index in [1.54, 1.807) is 0 Å². The lowest BCUT2D eigenvalue weighted by Crippen LogP contribution is -2.70. The molecular weight excluding hydrogens is 776 g/mol. The molecule has 57 heavy (non-hydrogen) atoms. The molecule has 0 spiro atoms. The quantitative estimate of drug-likeness (QED) is 0.0729. The van der Waals surface area contributed by atoms with E-state index < -0.39 is 159 Å². The van der Waals surface area contributed by atoms with Crippen LogP contribution < -0.4 is 21.7 Å². The number of carbonyl (C=O) groups is 4. The Morgan fingerprint density at radius 3 is 1.60 bits per heavy atom. The Kier molecular flexibility index (Phi) is 16.8. The number of aliphatic hydroxyl groups excluding tert-OH is 8. The van der Waals surface area contributed by atoms with Gasteiger partial charge in [-0.1, -0.05) is 0 Å². The number of rotatable bonds is 15.